The molecule has 6 aromatic heterocycles. The van der Waals surface area contributed by atoms with Gasteiger partial charge in [0.1, 0.15) is 54.3 Å². The van der Waals surface area contributed by atoms with Gasteiger partial charge in [-0.1, -0.05) is 19.2 Å². The lowest BCUT2D eigenvalue weighted by molar-refractivity contribution is -0.129. The zero-order valence-corrected chi connectivity index (χ0v) is 79.6. The molecule has 0 spiro atoms. The van der Waals surface area contributed by atoms with Crippen molar-refractivity contribution in [2.45, 2.75) is 156 Å². The molecule has 9 aliphatic rings. The molecule has 6 atom stereocenters. The van der Waals surface area contributed by atoms with Gasteiger partial charge in [-0.2, -0.15) is 75.5 Å². The number of carbonyl (C=O) groups excluding carboxylic acids is 3. The Labute approximate surface area is 777 Å². The Morgan fingerprint density at radius 2 is 0.792 bits per heavy atom. The number of benzene rings is 3. The van der Waals surface area contributed by atoms with Gasteiger partial charge in [-0.15, -0.1) is 0 Å². The van der Waals surface area contributed by atoms with Crippen molar-refractivity contribution >= 4 is 125 Å². The normalized spacial score (nSPS) is 22.5. The molecule has 29 nitrogen and oxygen atoms in total. The number of carbonyl (C=O) groups is 3. The first-order chi connectivity index (χ1) is 60.6. The minimum Gasteiger partial charge on any atom is -0.462 e. The predicted octanol–water partition coefficient (Wildman–Crippen LogP) is 11.0. The van der Waals surface area contributed by atoms with Crippen LogP contribution in [0.25, 0.3) is 32.7 Å². The van der Waals surface area contributed by atoms with Gasteiger partial charge in [-0.05, 0) is 166 Å². The van der Waals surface area contributed by atoms with Crippen molar-refractivity contribution in [1.29, 1.82) is 0 Å². The summed E-state index contributed by atoms with van der Waals surface area (Å²) in [6.45, 7) is 36.0. The molecule has 3 aromatic carbocycles. The highest BCUT2D eigenvalue weighted by Gasteiger charge is 2.44. The van der Waals surface area contributed by atoms with Crippen LogP contribution < -0.4 is 43.6 Å². The maximum atomic E-state index is 14.7. The van der Waals surface area contributed by atoms with Crippen molar-refractivity contribution in [3.8, 4) is 18.0 Å². The molecule has 4 N–H and O–H groups in total. The predicted molar refractivity (Wildman–Crippen MR) is 514 cm³/mol. The zero-order chi connectivity index (χ0) is 89.8. The Bertz CT molecular complexity index is 5460. The maximum Gasteiger partial charge on any atom is 0.318 e. The zero-order valence-electron chi connectivity index (χ0n) is 76.6. The first-order valence-corrected chi connectivity index (χ1v) is 44.3. The smallest absolute Gasteiger partial charge is 0.318 e. The third kappa shape index (κ3) is 20.8. The van der Waals surface area contributed by atoms with Gasteiger partial charge in [0.15, 0.2) is 11.7 Å². The van der Waals surface area contributed by atoms with Crippen LogP contribution in [0.1, 0.15) is 107 Å². The summed E-state index contributed by atoms with van der Waals surface area (Å²) in [5.74, 6) is -0.874. The molecule has 37 heteroatoms. The number of aryl methyl sites for hydroxylation is 3. The van der Waals surface area contributed by atoms with Gasteiger partial charge in [-0.25, -0.2) is 22.0 Å². The molecule has 6 saturated heterocycles. The molecule has 15 heterocycles. The second kappa shape index (κ2) is 40.1. The number of nitrogens with zero attached hydrogens (tertiary/aromatic N) is 19. The number of alkyl halides is 3. The van der Waals surface area contributed by atoms with E-state index in [0.717, 1.165) is 118 Å². The van der Waals surface area contributed by atoms with Crippen LogP contribution in [0.3, 0.4) is 0 Å². The quantitative estimate of drug-likeness (QED) is 0.0432. The van der Waals surface area contributed by atoms with Gasteiger partial charge in [-0.3, -0.25) is 34.2 Å². The number of fused-ring (bicyclic) bond motifs is 6. The molecule has 0 bridgehead atoms. The van der Waals surface area contributed by atoms with E-state index in [1.165, 1.54) is 77.5 Å². The SMILES string of the molecule is C=C(F)C(=O)N1CCN(c2nc(OC[C@@H]3CC(C)(F)CN3C)nc3c2CCN(c2c(C)c(C)cc4[nH]ccc24)C3)CC1.C=C(F)C(=O)N1CCN(c2nc(OC[C@@H]3CC(C)(F)CN3C)nc3c2CCN(c2c(C)c(C)cc4[nH]ncc24)C3)CC1.Cc1cc2[nH]ccc2c(N2CCc3c(nc(OC[C@@H]4CC(C)(F)CN4C)nc3N3CCN(C(=O)/C=C/CO)CC3)C2)c1C.S.S.S. The molecule has 702 valence electrons. The number of hydrogen-bond donors (Lipinski definition) is 4. The Morgan fingerprint density at radius 3 is 1.11 bits per heavy atom. The molecule has 9 aromatic rings. The van der Waals surface area contributed by atoms with Crippen LogP contribution in [-0.2, 0) is 53.3 Å². The summed E-state index contributed by atoms with van der Waals surface area (Å²) in [7, 11) is 5.75. The molecule has 3 amide bonds. The van der Waals surface area contributed by atoms with E-state index in [-0.39, 0.29) is 89.8 Å². The average Bonchev–Trinajstić information content (AvgIpc) is 1.28. The van der Waals surface area contributed by atoms with Gasteiger partial charge >= 0.3 is 18.0 Å². The Hall–Kier alpha value is -10.2. The number of aliphatic hydroxyl groups excluding tert-OH is 1. The number of nitrogens with one attached hydrogen (secondary N) is 3. The fourth-order valence-corrected chi connectivity index (χ4v) is 20.2. The van der Waals surface area contributed by atoms with Crippen molar-refractivity contribution in [2.24, 2.45) is 0 Å². The first kappa shape index (κ1) is 97.4. The number of likely N-dealkylation sites (tertiary alicyclic amines) is 3. The highest BCUT2D eigenvalue weighted by molar-refractivity contribution is 7.59. The second-order valence-electron chi connectivity index (χ2n) is 36.7. The number of aliphatic hydroxyl groups is 1. The van der Waals surface area contributed by atoms with Crippen LogP contribution in [0.5, 0.6) is 18.0 Å². The summed E-state index contributed by atoms with van der Waals surface area (Å²) < 4.78 is 89.6. The highest BCUT2D eigenvalue weighted by Crippen LogP contribution is 2.44. The molecule has 130 heavy (non-hydrogen) atoms. The average molecular weight is 1850 g/mol. The van der Waals surface area contributed by atoms with Crippen molar-refractivity contribution in [1.82, 2.24) is 79.5 Å². The fourth-order valence-electron chi connectivity index (χ4n) is 20.2. The minimum atomic E-state index is -1.25. The molecule has 0 saturated carbocycles. The highest BCUT2D eigenvalue weighted by atomic mass is 32.1. The van der Waals surface area contributed by atoms with Crippen LogP contribution in [0, 0.1) is 41.5 Å². The van der Waals surface area contributed by atoms with Gasteiger partial charge in [0.2, 0.25) is 5.91 Å². The number of aromatic amines is 3. The van der Waals surface area contributed by atoms with Crippen LogP contribution in [0.15, 0.2) is 85.9 Å². The summed E-state index contributed by atoms with van der Waals surface area (Å²) >= 11 is 0. The number of likely N-dealkylation sites (N-methyl/N-ethyl adjacent to an activating group) is 3. The summed E-state index contributed by atoms with van der Waals surface area (Å²) in [6, 6.07) is 11.4. The number of hydrogen-bond acceptors (Lipinski definition) is 23. The monoisotopic (exact) mass is 1850 g/mol. The van der Waals surface area contributed by atoms with Crippen molar-refractivity contribution in [3.05, 3.63) is 153 Å². The van der Waals surface area contributed by atoms with E-state index < -0.39 is 40.5 Å². The van der Waals surface area contributed by atoms with Crippen LogP contribution in [-0.4, -0.2) is 303 Å². The third-order valence-corrected chi connectivity index (χ3v) is 27.2. The largest absolute Gasteiger partial charge is 0.462 e. The molecular formula is C93H125F5N22O7S3. The molecule has 6 fully saturated rings. The Balaban J connectivity index is 0.000000164. The molecule has 0 radical (unpaired) electrons. The van der Waals surface area contributed by atoms with E-state index in [1.807, 2.05) is 54.4 Å². The van der Waals surface area contributed by atoms with E-state index in [4.69, 9.17) is 49.2 Å². The first-order valence-electron chi connectivity index (χ1n) is 44.3. The number of aromatic nitrogens is 10. The van der Waals surface area contributed by atoms with Crippen molar-refractivity contribution in [3.63, 3.8) is 0 Å². The summed E-state index contributed by atoms with van der Waals surface area (Å²) in [4.78, 5) is 97.3. The van der Waals surface area contributed by atoms with Gasteiger partial charge in [0.05, 0.1) is 60.7 Å². The molecular weight excluding hydrogens is 1730 g/mol. The van der Waals surface area contributed by atoms with Crippen LogP contribution >= 0.6 is 40.5 Å². The molecule has 18 rings (SSSR count). The maximum absolute atomic E-state index is 14.7. The molecule has 9 aliphatic heterocycles. The summed E-state index contributed by atoms with van der Waals surface area (Å²) in [5, 5.41) is 19.9. The lowest BCUT2D eigenvalue weighted by Crippen LogP contribution is -2.49. The lowest BCUT2D eigenvalue weighted by atomic mass is 9.99. The number of amides is 3. The van der Waals surface area contributed by atoms with E-state index in [1.54, 1.807) is 25.7 Å². The van der Waals surface area contributed by atoms with E-state index >= 15 is 0 Å². The molecule has 3 unspecified atom stereocenters. The second-order valence-corrected chi connectivity index (χ2v) is 36.7. The number of H-pyrrole nitrogens is 3. The number of anilines is 6. The van der Waals surface area contributed by atoms with Crippen LogP contribution in [0.4, 0.5) is 56.5 Å². The minimum absolute atomic E-state index is 0. The summed E-state index contributed by atoms with van der Waals surface area (Å²) in [6.07, 6.45) is 12.2. The van der Waals surface area contributed by atoms with Crippen molar-refractivity contribution in [2.75, 3.05) is 195 Å². The van der Waals surface area contributed by atoms with E-state index in [0.29, 0.717) is 156 Å². The number of halogens is 5. The number of rotatable bonds is 19. The Morgan fingerprint density at radius 1 is 0.469 bits per heavy atom. The number of piperazine rings is 3. The van der Waals surface area contributed by atoms with E-state index in [2.05, 4.69) is 135 Å². The van der Waals surface area contributed by atoms with E-state index in [9.17, 15) is 36.3 Å². The van der Waals surface area contributed by atoms with Gasteiger partial charge < -0.3 is 73.4 Å². The van der Waals surface area contributed by atoms with Crippen molar-refractivity contribution < 1.29 is 55.7 Å². The topological polar surface area (TPSA) is 276 Å². The standard InChI is InChI=1S/C32H42FN7O3.C31H39F2N7O2.C30H38F2N8O2.3H2S/c1-21-16-26-24(7-9-34-26)29(22(21)2)40-10-8-25-27(18-40)35-31(43-19-23-17-32(3,33)20-37(23)4)36-30(25)39-13-11-38(12-14-39)28(42)6-5-15-41;1-19-14-25-23(6-8-34-25)27(20(19)2)40-9-7-24-26(16-40)35-30(42-17-22-15-31(4,33)18-37(22)5)36-28(24)38-10-12-39(13-11-38)29(41)21(3)32;1-18-12-24-23(14-33-36-24)26(19(18)2)40-7-6-22-25(15-40)34-29(42-16-21-13-30(4,32)17-37(21)5)35-27(22)38-8-10-39(11-9-38)28(41)20(3)31;;;/h5-7,9,16,23,34,41H,8,10-15,17-20H2,1-4H3;6,8,14,22,34H,3,7,9-13,15-18H2,1-2,4-5H3;12,14,21H,3,6-11,13,15-17H2,1-2,4-5H3,(H,33,36);3*1H2/b6-5+;;;;;/t23-,32?;22-,31?;21-,30?;;;/m000.../s1. The summed E-state index contributed by atoms with van der Waals surface area (Å²) in [5.41, 5.74) is 16.4. The fraction of sp³-hybridized carbons (Fsp3) is 0.527. The molecule has 0 aliphatic carbocycles. The van der Waals surface area contributed by atoms with Gasteiger partial charge in [0.25, 0.3) is 11.8 Å². The third-order valence-electron chi connectivity index (χ3n) is 27.2. The number of ether oxygens (including phenoxy) is 3. The van der Waals surface area contributed by atoms with Crippen LogP contribution in [0.2, 0.25) is 0 Å². The Kier molecular flexibility index (Phi) is 30.0. The lowest BCUT2D eigenvalue weighted by Gasteiger charge is -2.38. The van der Waals surface area contributed by atoms with Gasteiger partial charge in [0, 0.05) is 229 Å².